The minimum absolute atomic E-state index is 0. The van der Waals surface area contributed by atoms with Gasteiger partial charge in [-0.15, -0.1) is 24.0 Å². The summed E-state index contributed by atoms with van der Waals surface area (Å²) >= 11 is 6.27. The summed E-state index contributed by atoms with van der Waals surface area (Å²) in [7, 11) is 0. The Kier molecular flexibility index (Phi) is 10.2. The number of guanidine groups is 1. The summed E-state index contributed by atoms with van der Waals surface area (Å²) in [5.41, 5.74) is 2.29. The van der Waals surface area contributed by atoms with Crippen molar-refractivity contribution in [3.63, 3.8) is 0 Å². The molecule has 0 saturated carbocycles. The van der Waals surface area contributed by atoms with Crippen LogP contribution in [-0.2, 0) is 16.6 Å². The molecule has 0 amide bonds. The van der Waals surface area contributed by atoms with Crippen LogP contribution in [0.1, 0.15) is 31.0 Å². The zero-order chi connectivity index (χ0) is 19.7. The zero-order valence-corrected chi connectivity index (χ0v) is 20.0. The fourth-order valence-electron chi connectivity index (χ4n) is 3.55. The van der Waals surface area contributed by atoms with Gasteiger partial charge < -0.3 is 15.4 Å². The quantitative estimate of drug-likeness (QED) is 0.321. The van der Waals surface area contributed by atoms with E-state index in [2.05, 4.69) is 34.7 Å². The van der Waals surface area contributed by atoms with Crippen molar-refractivity contribution in [2.45, 2.75) is 31.6 Å². The van der Waals surface area contributed by atoms with Crippen molar-refractivity contribution in [3.05, 3.63) is 64.9 Å². The Morgan fingerprint density at radius 1 is 1.17 bits per heavy atom. The van der Waals surface area contributed by atoms with Crippen molar-refractivity contribution in [1.82, 2.24) is 15.6 Å². The van der Waals surface area contributed by atoms with Crippen LogP contribution in [0.3, 0.4) is 0 Å². The number of aliphatic imine (C=N–C) groups is 1. The van der Waals surface area contributed by atoms with Gasteiger partial charge in [-0.05, 0) is 49.6 Å². The molecule has 7 heteroatoms. The molecule has 1 aliphatic rings. The molecule has 2 heterocycles. The molecule has 0 aliphatic carbocycles. The molecule has 1 fully saturated rings. The third-order valence-corrected chi connectivity index (χ3v) is 5.41. The van der Waals surface area contributed by atoms with Gasteiger partial charge in [0.2, 0.25) is 0 Å². The fourth-order valence-corrected chi connectivity index (χ4v) is 3.74. The third-order valence-electron chi connectivity index (χ3n) is 5.17. The van der Waals surface area contributed by atoms with Crippen LogP contribution in [0.25, 0.3) is 0 Å². The van der Waals surface area contributed by atoms with E-state index in [0.717, 1.165) is 62.2 Å². The Hall–Kier alpha value is -1.38. The van der Waals surface area contributed by atoms with Crippen molar-refractivity contribution in [2.75, 3.05) is 32.8 Å². The normalized spacial score (nSPS) is 16.0. The number of halogens is 2. The molecule has 29 heavy (non-hydrogen) atoms. The molecule has 1 aromatic carbocycles. The molecule has 0 spiro atoms. The molecule has 0 bridgehead atoms. The van der Waals surface area contributed by atoms with E-state index >= 15 is 0 Å². The zero-order valence-electron chi connectivity index (χ0n) is 16.9. The standard InChI is InChI=1S/C22H29ClN4O.HI/c1-2-24-21(26-13-9-20-8-3-4-12-25-20)27-17-22(10-14-28-15-11-22)18-6-5-7-19(23)16-18;/h3-8,12,16H,2,9-11,13-15,17H2,1H3,(H2,24,26,27);1H. The van der Waals surface area contributed by atoms with Crippen molar-refractivity contribution < 1.29 is 4.74 Å². The summed E-state index contributed by atoms with van der Waals surface area (Å²) in [4.78, 5) is 9.30. The van der Waals surface area contributed by atoms with Crippen LogP contribution in [0, 0.1) is 0 Å². The van der Waals surface area contributed by atoms with Gasteiger partial charge in [0.25, 0.3) is 0 Å². The highest BCUT2D eigenvalue weighted by Crippen LogP contribution is 2.36. The van der Waals surface area contributed by atoms with Gasteiger partial charge in [0.1, 0.15) is 0 Å². The number of rotatable bonds is 7. The van der Waals surface area contributed by atoms with Gasteiger partial charge in [-0.1, -0.05) is 29.8 Å². The lowest BCUT2D eigenvalue weighted by Crippen LogP contribution is -2.41. The summed E-state index contributed by atoms with van der Waals surface area (Å²) in [6.07, 6.45) is 4.58. The van der Waals surface area contributed by atoms with Gasteiger partial charge in [0.15, 0.2) is 5.96 Å². The second-order valence-electron chi connectivity index (χ2n) is 7.10. The van der Waals surface area contributed by atoms with Gasteiger partial charge in [-0.2, -0.15) is 0 Å². The molecule has 5 nitrogen and oxygen atoms in total. The Bertz CT molecular complexity index is 766. The summed E-state index contributed by atoms with van der Waals surface area (Å²) in [6.45, 7) is 5.91. The molecule has 0 atom stereocenters. The third kappa shape index (κ3) is 7.12. The monoisotopic (exact) mass is 528 g/mol. The Balaban J connectivity index is 0.00000300. The largest absolute Gasteiger partial charge is 0.381 e. The van der Waals surface area contributed by atoms with Crippen LogP contribution in [-0.4, -0.2) is 43.8 Å². The molecule has 2 N–H and O–H groups in total. The van der Waals surface area contributed by atoms with Gasteiger partial charge in [-0.3, -0.25) is 9.98 Å². The first-order valence-electron chi connectivity index (χ1n) is 9.98. The van der Waals surface area contributed by atoms with Crippen molar-refractivity contribution in [1.29, 1.82) is 0 Å². The first-order chi connectivity index (χ1) is 13.7. The number of hydrogen-bond donors (Lipinski definition) is 2. The van der Waals surface area contributed by atoms with Crippen LogP contribution in [0.5, 0.6) is 0 Å². The second-order valence-corrected chi connectivity index (χ2v) is 7.53. The molecule has 3 rings (SSSR count). The Labute approximate surface area is 195 Å². The van der Waals surface area contributed by atoms with E-state index in [1.165, 1.54) is 5.56 Å². The topological polar surface area (TPSA) is 58.5 Å². The van der Waals surface area contributed by atoms with E-state index in [4.69, 9.17) is 21.3 Å². The highest BCUT2D eigenvalue weighted by Gasteiger charge is 2.34. The smallest absolute Gasteiger partial charge is 0.191 e. The van der Waals surface area contributed by atoms with Crippen molar-refractivity contribution in [2.24, 2.45) is 4.99 Å². The molecular weight excluding hydrogens is 499 g/mol. The van der Waals surface area contributed by atoms with E-state index in [1.807, 2.05) is 36.5 Å². The van der Waals surface area contributed by atoms with E-state index < -0.39 is 0 Å². The molecule has 158 valence electrons. The van der Waals surface area contributed by atoms with E-state index in [0.29, 0.717) is 6.54 Å². The van der Waals surface area contributed by atoms with Crippen LogP contribution >= 0.6 is 35.6 Å². The molecule has 0 radical (unpaired) electrons. The number of nitrogens with one attached hydrogen (secondary N) is 2. The lowest BCUT2D eigenvalue weighted by atomic mass is 9.74. The van der Waals surface area contributed by atoms with Crippen LogP contribution in [0.2, 0.25) is 5.02 Å². The van der Waals surface area contributed by atoms with Gasteiger partial charge >= 0.3 is 0 Å². The SMILES string of the molecule is CCNC(=NCC1(c2cccc(Cl)c2)CCOCC1)NCCc1ccccn1.I. The number of ether oxygens (including phenoxy) is 1. The predicted octanol–water partition coefficient (Wildman–Crippen LogP) is 4.20. The maximum Gasteiger partial charge on any atom is 0.191 e. The maximum atomic E-state index is 6.27. The molecule has 1 aromatic heterocycles. The second kappa shape index (κ2) is 12.3. The average Bonchev–Trinajstić information content (AvgIpc) is 2.73. The van der Waals surface area contributed by atoms with E-state index in [-0.39, 0.29) is 29.4 Å². The Morgan fingerprint density at radius 3 is 2.69 bits per heavy atom. The summed E-state index contributed by atoms with van der Waals surface area (Å²) in [6, 6.07) is 14.2. The number of nitrogens with zero attached hydrogens (tertiary/aromatic N) is 2. The molecular formula is C22H30ClIN4O. The van der Waals surface area contributed by atoms with Crippen LogP contribution in [0.4, 0.5) is 0 Å². The molecule has 2 aromatic rings. The predicted molar refractivity (Wildman–Crippen MR) is 131 cm³/mol. The van der Waals surface area contributed by atoms with Gasteiger partial charge in [-0.25, -0.2) is 0 Å². The number of hydrogen-bond acceptors (Lipinski definition) is 3. The molecule has 1 saturated heterocycles. The fraction of sp³-hybridized carbons (Fsp3) is 0.455. The van der Waals surface area contributed by atoms with Crippen molar-refractivity contribution in [3.8, 4) is 0 Å². The lowest BCUT2D eigenvalue weighted by Gasteiger charge is -2.36. The summed E-state index contributed by atoms with van der Waals surface area (Å²) in [5, 5.41) is 7.55. The maximum absolute atomic E-state index is 6.27. The van der Waals surface area contributed by atoms with Gasteiger partial charge in [0.05, 0.1) is 6.54 Å². The van der Waals surface area contributed by atoms with E-state index in [9.17, 15) is 0 Å². The lowest BCUT2D eigenvalue weighted by molar-refractivity contribution is 0.0531. The van der Waals surface area contributed by atoms with E-state index in [1.54, 1.807) is 0 Å². The highest BCUT2D eigenvalue weighted by atomic mass is 127. The van der Waals surface area contributed by atoms with Crippen molar-refractivity contribution >= 4 is 41.5 Å². The van der Waals surface area contributed by atoms with Gasteiger partial charge in [0, 0.05) is 55.1 Å². The minimum atomic E-state index is -0.0352. The van der Waals surface area contributed by atoms with Crippen LogP contribution < -0.4 is 10.6 Å². The highest BCUT2D eigenvalue weighted by molar-refractivity contribution is 14.0. The minimum Gasteiger partial charge on any atom is -0.381 e. The number of aromatic nitrogens is 1. The first kappa shape index (κ1) is 23.9. The first-order valence-corrected chi connectivity index (χ1v) is 10.4. The Morgan fingerprint density at radius 2 is 2.00 bits per heavy atom. The summed E-state index contributed by atoms with van der Waals surface area (Å²) < 4.78 is 5.63. The van der Waals surface area contributed by atoms with Crippen LogP contribution in [0.15, 0.2) is 53.7 Å². The summed E-state index contributed by atoms with van der Waals surface area (Å²) in [5.74, 6) is 0.839. The number of pyridine rings is 1. The molecule has 1 aliphatic heterocycles. The average molecular weight is 529 g/mol. The number of benzene rings is 1. The molecule has 0 unspecified atom stereocenters.